The van der Waals surface area contributed by atoms with E-state index in [0.717, 1.165) is 16.7 Å². The van der Waals surface area contributed by atoms with E-state index in [1.807, 2.05) is 44.2 Å². The average molecular weight is 407 g/mol. The van der Waals surface area contributed by atoms with Gasteiger partial charge in [0.25, 0.3) is 5.56 Å². The number of halogens is 1. The molecule has 2 heterocycles. The third kappa shape index (κ3) is 3.93. The van der Waals surface area contributed by atoms with Crippen molar-refractivity contribution in [2.24, 2.45) is 0 Å². The van der Waals surface area contributed by atoms with Gasteiger partial charge in [0.1, 0.15) is 12.1 Å². The number of aryl methyl sites for hydroxylation is 2. The minimum absolute atomic E-state index is 0.105. The Morgan fingerprint density at radius 2 is 1.83 bits per heavy atom. The van der Waals surface area contributed by atoms with Crippen LogP contribution >= 0.6 is 11.6 Å². The molecular weight excluding hydrogens is 388 g/mol. The second-order valence-corrected chi connectivity index (χ2v) is 7.38. The van der Waals surface area contributed by atoms with E-state index in [2.05, 4.69) is 10.4 Å². The van der Waals surface area contributed by atoms with Crippen molar-refractivity contribution in [1.82, 2.24) is 14.2 Å². The Balaban J connectivity index is 1.58. The fourth-order valence-electron chi connectivity index (χ4n) is 3.04. The second-order valence-electron chi connectivity index (χ2n) is 6.97. The summed E-state index contributed by atoms with van der Waals surface area (Å²) in [6.07, 6.45) is 3.23. The first-order valence-electron chi connectivity index (χ1n) is 9.12. The zero-order valence-corrected chi connectivity index (χ0v) is 16.8. The average Bonchev–Trinajstić information content (AvgIpc) is 3.13. The molecule has 4 rings (SSSR count). The molecule has 0 radical (unpaired) electrons. The van der Waals surface area contributed by atoms with Gasteiger partial charge >= 0.3 is 0 Å². The molecule has 0 atom stereocenters. The molecular formula is C22H19ClN4O2. The van der Waals surface area contributed by atoms with Crippen molar-refractivity contribution in [2.45, 2.75) is 20.4 Å². The normalized spacial score (nSPS) is 11.0. The maximum atomic E-state index is 12.8. The number of carbonyl (C=O) groups is 1. The van der Waals surface area contributed by atoms with Crippen LogP contribution in [0.2, 0.25) is 5.02 Å². The molecule has 2 aromatic carbocycles. The van der Waals surface area contributed by atoms with Crippen molar-refractivity contribution in [1.29, 1.82) is 0 Å². The highest BCUT2D eigenvalue weighted by molar-refractivity contribution is 6.31. The molecule has 7 heteroatoms. The molecule has 2 aromatic heterocycles. The molecule has 0 saturated heterocycles. The fourth-order valence-corrected chi connectivity index (χ4v) is 3.22. The Labute approximate surface area is 172 Å². The molecule has 29 heavy (non-hydrogen) atoms. The predicted molar refractivity (Wildman–Crippen MR) is 114 cm³/mol. The van der Waals surface area contributed by atoms with E-state index >= 15 is 0 Å². The molecule has 0 fully saturated rings. The third-order valence-corrected chi connectivity index (χ3v) is 5.13. The second kappa shape index (κ2) is 7.56. The van der Waals surface area contributed by atoms with Gasteiger partial charge in [0.05, 0.1) is 5.69 Å². The molecule has 1 amide bonds. The molecule has 0 aliphatic carbocycles. The Morgan fingerprint density at radius 3 is 2.55 bits per heavy atom. The molecule has 1 N–H and O–H groups in total. The summed E-state index contributed by atoms with van der Waals surface area (Å²) < 4.78 is 2.90. The van der Waals surface area contributed by atoms with Crippen LogP contribution in [0.25, 0.3) is 16.8 Å². The van der Waals surface area contributed by atoms with E-state index in [4.69, 9.17) is 11.6 Å². The zero-order valence-electron chi connectivity index (χ0n) is 16.0. The summed E-state index contributed by atoms with van der Waals surface area (Å²) in [5, 5.41) is 7.81. The molecule has 4 aromatic rings. The largest absolute Gasteiger partial charge is 0.324 e. The van der Waals surface area contributed by atoms with Crippen LogP contribution in [-0.2, 0) is 11.3 Å². The van der Waals surface area contributed by atoms with E-state index in [-0.39, 0.29) is 18.0 Å². The van der Waals surface area contributed by atoms with Crippen LogP contribution in [0, 0.1) is 13.8 Å². The van der Waals surface area contributed by atoms with Crippen molar-refractivity contribution in [3.8, 4) is 11.3 Å². The van der Waals surface area contributed by atoms with Gasteiger partial charge in [0.2, 0.25) is 5.91 Å². The summed E-state index contributed by atoms with van der Waals surface area (Å²) >= 11 is 6.09. The number of amides is 1. The number of anilines is 1. The first kappa shape index (κ1) is 19.0. The van der Waals surface area contributed by atoms with Crippen molar-refractivity contribution in [3.63, 3.8) is 0 Å². The molecule has 0 spiro atoms. The predicted octanol–water partition coefficient (Wildman–Crippen LogP) is 4.07. The Hall–Kier alpha value is -3.38. The van der Waals surface area contributed by atoms with E-state index in [0.29, 0.717) is 21.9 Å². The highest BCUT2D eigenvalue weighted by atomic mass is 35.5. The molecule has 146 valence electrons. The highest BCUT2D eigenvalue weighted by Crippen LogP contribution is 2.20. The number of rotatable bonds is 4. The summed E-state index contributed by atoms with van der Waals surface area (Å²) in [5.74, 6) is -0.311. The van der Waals surface area contributed by atoms with E-state index in [1.165, 1.54) is 9.08 Å². The van der Waals surface area contributed by atoms with Crippen LogP contribution in [0.15, 0.2) is 65.7 Å². The lowest BCUT2D eigenvalue weighted by Crippen LogP contribution is -2.28. The highest BCUT2D eigenvalue weighted by Gasteiger charge is 2.12. The van der Waals surface area contributed by atoms with E-state index in [9.17, 15) is 9.59 Å². The van der Waals surface area contributed by atoms with Gasteiger partial charge in [-0.2, -0.15) is 5.10 Å². The van der Waals surface area contributed by atoms with Gasteiger partial charge in [-0.1, -0.05) is 47.5 Å². The van der Waals surface area contributed by atoms with Gasteiger partial charge < -0.3 is 9.88 Å². The molecule has 0 aliphatic heterocycles. The number of nitrogens with zero attached hydrogens (tertiary/aromatic N) is 3. The summed E-state index contributed by atoms with van der Waals surface area (Å²) in [4.78, 5) is 25.2. The Morgan fingerprint density at radius 1 is 1.07 bits per heavy atom. The van der Waals surface area contributed by atoms with Gasteiger partial charge in [-0.15, -0.1) is 0 Å². The standard InChI is InChI=1S/C22H19ClN4O2/c1-14-3-6-16(7-4-14)19-12-20-22(29)26(9-10-27(20)25-19)13-21(28)24-17-8-5-15(2)18(23)11-17/h3-12H,13H2,1-2H3,(H,24,28). The number of hydrogen-bond acceptors (Lipinski definition) is 3. The summed E-state index contributed by atoms with van der Waals surface area (Å²) in [6, 6.07) is 15.0. The molecule has 0 bridgehead atoms. The maximum absolute atomic E-state index is 12.8. The quantitative estimate of drug-likeness (QED) is 0.555. The van der Waals surface area contributed by atoms with Crippen LogP contribution in [-0.4, -0.2) is 20.1 Å². The summed E-state index contributed by atoms with van der Waals surface area (Å²) in [6.45, 7) is 3.80. The number of nitrogens with one attached hydrogen (secondary N) is 1. The van der Waals surface area contributed by atoms with Crippen LogP contribution in [0.5, 0.6) is 0 Å². The van der Waals surface area contributed by atoms with E-state index in [1.54, 1.807) is 30.6 Å². The van der Waals surface area contributed by atoms with Gasteiger partial charge in [-0.3, -0.25) is 9.59 Å². The van der Waals surface area contributed by atoms with Gasteiger partial charge in [0, 0.05) is 28.7 Å². The lowest BCUT2D eigenvalue weighted by Gasteiger charge is -2.08. The Bertz CT molecular complexity index is 1270. The number of fused-ring (bicyclic) bond motifs is 1. The minimum atomic E-state index is -0.311. The number of aromatic nitrogens is 3. The number of carbonyl (C=O) groups excluding carboxylic acids is 1. The van der Waals surface area contributed by atoms with Crippen molar-refractivity contribution in [3.05, 3.63) is 87.4 Å². The lowest BCUT2D eigenvalue weighted by molar-refractivity contribution is -0.116. The zero-order chi connectivity index (χ0) is 20.5. The SMILES string of the molecule is Cc1ccc(-c2cc3c(=O)n(CC(=O)Nc4ccc(C)c(Cl)c4)ccn3n2)cc1. The van der Waals surface area contributed by atoms with Crippen molar-refractivity contribution in [2.75, 3.05) is 5.32 Å². The summed E-state index contributed by atoms with van der Waals surface area (Å²) in [7, 11) is 0. The fraction of sp³-hybridized carbons (Fsp3) is 0.136. The third-order valence-electron chi connectivity index (χ3n) is 4.72. The monoisotopic (exact) mass is 406 g/mol. The van der Waals surface area contributed by atoms with Crippen LogP contribution < -0.4 is 10.9 Å². The molecule has 0 saturated carbocycles. The van der Waals surface area contributed by atoms with Gasteiger partial charge in [-0.05, 0) is 37.6 Å². The van der Waals surface area contributed by atoms with Crippen LogP contribution in [0.4, 0.5) is 5.69 Å². The molecule has 6 nitrogen and oxygen atoms in total. The molecule has 0 unspecified atom stereocenters. The van der Waals surface area contributed by atoms with Gasteiger partial charge in [0.15, 0.2) is 0 Å². The van der Waals surface area contributed by atoms with Crippen molar-refractivity contribution < 1.29 is 4.79 Å². The van der Waals surface area contributed by atoms with Crippen LogP contribution in [0.3, 0.4) is 0 Å². The maximum Gasteiger partial charge on any atom is 0.277 e. The summed E-state index contributed by atoms with van der Waals surface area (Å²) in [5.41, 5.74) is 4.44. The first-order valence-corrected chi connectivity index (χ1v) is 9.50. The minimum Gasteiger partial charge on any atom is -0.324 e. The smallest absolute Gasteiger partial charge is 0.277 e. The van der Waals surface area contributed by atoms with Crippen LogP contribution in [0.1, 0.15) is 11.1 Å². The van der Waals surface area contributed by atoms with Gasteiger partial charge in [-0.25, -0.2) is 4.52 Å². The number of benzene rings is 2. The topological polar surface area (TPSA) is 68.4 Å². The van der Waals surface area contributed by atoms with Crippen molar-refractivity contribution >= 4 is 28.7 Å². The molecule has 0 aliphatic rings. The number of hydrogen-bond donors (Lipinski definition) is 1. The lowest BCUT2D eigenvalue weighted by atomic mass is 10.1. The first-order chi connectivity index (χ1) is 13.9. The Kier molecular flexibility index (Phi) is 4.94. The van der Waals surface area contributed by atoms with E-state index < -0.39 is 0 Å².